The predicted molar refractivity (Wildman–Crippen MR) is 89.8 cm³/mol. The molecule has 0 N–H and O–H groups in total. The molecule has 2 aromatic rings. The number of halogens is 6. The van der Waals surface area contributed by atoms with Gasteiger partial charge < -0.3 is 0 Å². The van der Waals surface area contributed by atoms with Crippen LogP contribution in [0.1, 0.15) is 17.5 Å². The van der Waals surface area contributed by atoms with Crippen molar-refractivity contribution in [2.45, 2.75) is 18.8 Å². The minimum atomic E-state index is -4.97. The Morgan fingerprint density at radius 3 is 2.17 bits per heavy atom. The van der Waals surface area contributed by atoms with E-state index >= 15 is 0 Å². The number of hydrazine groups is 1. The summed E-state index contributed by atoms with van der Waals surface area (Å²) in [6.45, 7) is 1.27. The van der Waals surface area contributed by atoms with E-state index in [0.717, 1.165) is 24.0 Å². The fraction of sp³-hybridized carbons (Fsp3) is 0.353. The minimum absolute atomic E-state index is 0.0333. The first kappa shape index (κ1) is 20.8. The maximum absolute atomic E-state index is 13.0. The molecule has 1 aromatic carbocycles. The molecule has 12 heteroatoms. The molecule has 0 aliphatic carbocycles. The van der Waals surface area contributed by atoms with Crippen molar-refractivity contribution in [1.82, 2.24) is 24.8 Å². The Kier molecular flexibility index (Phi) is 5.39. The molecule has 1 fully saturated rings. The highest BCUT2D eigenvalue weighted by Crippen LogP contribution is 2.38. The van der Waals surface area contributed by atoms with Gasteiger partial charge in [-0.3, -0.25) is 9.80 Å². The number of carbonyl (C=O) groups is 1. The molecule has 1 aliphatic heterocycles. The molecule has 0 unspecified atom stereocenters. The molecular weight excluding hydrogens is 404 g/mol. The van der Waals surface area contributed by atoms with Gasteiger partial charge in [-0.2, -0.15) is 26.3 Å². The van der Waals surface area contributed by atoms with Crippen LogP contribution in [0.2, 0.25) is 0 Å². The van der Waals surface area contributed by atoms with E-state index in [1.807, 2.05) is 0 Å². The lowest BCUT2D eigenvalue weighted by Gasteiger charge is -2.22. The van der Waals surface area contributed by atoms with Gasteiger partial charge in [0.15, 0.2) is 5.82 Å². The third-order valence-electron chi connectivity index (χ3n) is 4.24. The highest BCUT2D eigenvalue weighted by molar-refractivity contribution is 5.89. The Morgan fingerprint density at radius 2 is 1.66 bits per heavy atom. The first-order valence-electron chi connectivity index (χ1n) is 8.37. The first-order chi connectivity index (χ1) is 13.4. The number of hydrogen-bond acceptors (Lipinski definition) is 4. The fourth-order valence-electron chi connectivity index (χ4n) is 2.81. The largest absolute Gasteiger partial charge is 0.416 e. The molecule has 6 nitrogen and oxygen atoms in total. The second-order valence-corrected chi connectivity index (χ2v) is 6.35. The lowest BCUT2D eigenvalue weighted by Crippen LogP contribution is -2.37. The van der Waals surface area contributed by atoms with Crippen LogP contribution in [0, 0.1) is 0 Å². The quantitative estimate of drug-likeness (QED) is 0.564. The zero-order valence-electron chi connectivity index (χ0n) is 15.0. The smallest absolute Gasteiger partial charge is 0.272 e. The lowest BCUT2D eigenvalue weighted by molar-refractivity contribution is -0.143. The molecule has 1 amide bonds. The van der Waals surface area contributed by atoms with Crippen molar-refractivity contribution in [1.29, 1.82) is 0 Å². The molecule has 29 heavy (non-hydrogen) atoms. The molecule has 1 aromatic heterocycles. The summed E-state index contributed by atoms with van der Waals surface area (Å²) in [5.74, 6) is -0.669. The third kappa shape index (κ3) is 4.75. The number of rotatable bonds is 3. The van der Waals surface area contributed by atoms with E-state index in [4.69, 9.17) is 0 Å². The number of hydrogen-bond donors (Lipinski definition) is 0. The van der Waals surface area contributed by atoms with Crippen molar-refractivity contribution in [3.05, 3.63) is 41.7 Å². The molecule has 156 valence electrons. The van der Waals surface area contributed by atoms with Gasteiger partial charge in [0.25, 0.3) is 5.91 Å². The van der Waals surface area contributed by atoms with Crippen LogP contribution in [0.15, 0.2) is 30.6 Å². The summed E-state index contributed by atoms with van der Waals surface area (Å²) in [7, 11) is 1.75. The summed E-state index contributed by atoms with van der Waals surface area (Å²) in [5, 5.41) is 7.08. The van der Waals surface area contributed by atoms with Crippen LogP contribution >= 0.6 is 0 Å². The van der Waals surface area contributed by atoms with Crippen LogP contribution in [-0.2, 0) is 17.1 Å². The lowest BCUT2D eigenvalue weighted by atomic mass is 10.0. The van der Waals surface area contributed by atoms with Gasteiger partial charge in [0.2, 0.25) is 0 Å². The maximum atomic E-state index is 13.0. The van der Waals surface area contributed by atoms with E-state index in [9.17, 15) is 31.1 Å². The Hall–Kier alpha value is -2.89. The zero-order chi connectivity index (χ0) is 21.4. The molecule has 0 bridgehead atoms. The average Bonchev–Trinajstić information content (AvgIpc) is 3.27. The van der Waals surface area contributed by atoms with Gasteiger partial charge in [-0.1, -0.05) is 0 Å². The standard InChI is InChI=1S/C17H15F6N5O/c1-26-4-2-5-28(26)14(29)3-6-27-10-24-15(25-27)11-7-12(16(18,19)20)9-13(8-11)17(21,22)23/h3,6-10H,2,4-5H2,1H3/b6-3-. The third-order valence-corrected chi connectivity index (χ3v) is 4.24. The second kappa shape index (κ2) is 7.50. The highest BCUT2D eigenvalue weighted by Gasteiger charge is 2.37. The van der Waals surface area contributed by atoms with Crippen molar-refractivity contribution in [2.24, 2.45) is 0 Å². The minimum Gasteiger partial charge on any atom is -0.272 e. The zero-order valence-corrected chi connectivity index (χ0v) is 15.0. The molecule has 0 radical (unpaired) electrons. The Bertz CT molecular complexity index is 901. The van der Waals surface area contributed by atoms with Crippen LogP contribution in [0.4, 0.5) is 26.3 Å². The van der Waals surface area contributed by atoms with Gasteiger partial charge in [-0.15, -0.1) is 5.10 Å². The summed E-state index contributed by atoms with van der Waals surface area (Å²) in [5.41, 5.74) is -3.35. The number of aromatic nitrogens is 3. The number of nitrogens with zero attached hydrogens (tertiary/aromatic N) is 5. The maximum Gasteiger partial charge on any atom is 0.416 e. The Morgan fingerprint density at radius 1 is 1.03 bits per heavy atom. The summed E-state index contributed by atoms with van der Waals surface area (Å²) in [6.07, 6.45) is -5.61. The van der Waals surface area contributed by atoms with Crippen molar-refractivity contribution >= 4 is 12.1 Å². The number of carbonyl (C=O) groups excluding carboxylic acids is 1. The van der Waals surface area contributed by atoms with E-state index in [2.05, 4.69) is 10.1 Å². The molecule has 0 atom stereocenters. The van der Waals surface area contributed by atoms with Crippen molar-refractivity contribution < 1.29 is 31.1 Å². The SMILES string of the molecule is CN1CCCN1C(=O)/C=C\n1cnc(-c2cc(C(F)(F)F)cc(C(F)(F)F)c2)n1. The van der Waals surface area contributed by atoms with E-state index in [1.165, 1.54) is 17.3 Å². The van der Waals surface area contributed by atoms with Gasteiger partial charge in [-0.05, 0) is 24.6 Å². The summed E-state index contributed by atoms with van der Waals surface area (Å²) in [6, 6.07) is 1.12. The fourth-order valence-corrected chi connectivity index (χ4v) is 2.81. The molecule has 1 aliphatic rings. The highest BCUT2D eigenvalue weighted by atomic mass is 19.4. The first-order valence-corrected chi connectivity index (χ1v) is 8.37. The monoisotopic (exact) mass is 419 g/mol. The van der Waals surface area contributed by atoms with Crippen LogP contribution in [0.5, 0.6) is 0 Å². The predicted octanol–water partition coefficient (Wildman–Crippen LogP) is 3.53. The van der Waals surface area contributed by atoms with Gasteiger partial charge in [0.05, 0.1) is 11.1 Å². The number of benzene rings is 1. The van der Waals surface area contributed by atoms with Crippen LogP contribution in [0.3, 0.4) is 0 Å². The average molecular weight is 419 g/mol. The Balaban J connectivity index is 1.88. The molecule has 3 rings (SSSR count). The van der Waals surface area contributed by atoms with Crippen LogP contribution in [0.25, 0.3) is 17.6 Å². The topological polar surface area (TPSA) is 54.3 Å². The molecule has 2 heterocycles. The van der Waals surface area contributed by atoms with Crippen molar-refractivity contribution in [3.63, 3.8) is 0 Å². The summed E-state index contributed by atoms with van der Waals surface area (Å²) < 4.78 is 78.9. The number of alkyl halides is 6. The van der Waals surface area contributed by atoms with E-state index in [-0.39, 0.29) is 17.8 Å². The van der Waals surface area contributed by atoms with E-state index in [0.29, 0.717) is 18.7 Å². The molecule has 1 saturated heterocycles. The normalized spacial score (nSPS) is 16.2. The van der Waals surface area contributed by atoms with E-state index in [1.54, 1.807) is 12.1 Å². The summed E-state index contributed by atoms with van der Waals surface area (Å²) in [4.78, 5) is 15.9. The molecular formula is C17H15F6N5O. The second-order valence-electron chi connectivity index (χ2n) is 6.35. The summed E-state index contributed by atoms with van der Waals surface area (Å²) >= 11 is 0. The van der Waals surface area contributed by atoms with Crippen molar-refractivity contribution in [3.8, 4) is 11.4 Å². The van der Waals surface area contributed by atoms with Gasteiger partial charge >= 0.3 is 12.4 Å². The molecule has 0 spiro atoms. The van der Waals surface area contributed by atoms with E-state index < -0.39 is 29.0 Å². The Labute approximate surface area is 161 Å². The van der Waals surface area contributed by atoms with Crippen molar-refractivity contribution in [2.75, 3.05) is 20.1 Å². The van der Waals surface area contributed by atoms with Crippen LogP contribution < -0.4 is 0 Å². The van der Waals surface area contributed by atoms with Gasteiger partial charge in [0, 0.05) is 38.0 Å². The van der Waals surface area contributed by atoms with Gasteiger partial charge in [-0.25, -0.2) is 14.7 Å². The molecule has 0 saturated carbocycles. The van der Waals surface area contributed by atoms with Crippen LogP contribution in [-0.4, -0.2) is 50.8 Å². The number of amides is 1. The van der Waals surface area contributed by atoms with Gasteiger partial charge in [0.1, 0.15) is 6.33 Å².